The van der Waals surface area contributed by atoms with Gasteiger partial charge in [-0.3, -0.25) is 4.79 Å². The average molecular weight is 461 g/mol. The number of rotatable bonds is 4. The zero-order valence-electron chi connectivity index (χ0n) is 19.9. The Labute approximate surface area is 201 Å². The molecule has 5 heteroatoms. The van der Waals surface area contributed by atoms with Crippen LogP contribution in [0.25, 0.3) is 11.1 Å². The van der Waals surface area contributed by atoms with E-state index in [9.17, 15) is 9.18 Å². The molecule has 0 atom stereocenters. The maximum absolute atomic E-state index is 14.2. The molecule has 1 aliphatic rings. The summed E-state index contributed by atoms with van der Waals surface area (Å²) in [5.41, 5.74) is 4.34. The zero-order chi connectivity index (χ0) is 23.8. The number of nitrogens with zero attached hydrogens (tertiary/aromatic N) is 1. The molecule has 3 aromatic carbocycles. The second-order valence-electron chi connectivity index (χ2n) is 8.90. The highest BCUT2D eigenvalue weighted by atomic mass is 19.1. The fourth-order valence-electron chi connectivity index (χ4n) is 4.33. The molecule has 0 spiro atoms. The van der Waals surface area contributed by atoms with E-state index in [0.29, 0.717) is 24.4 Å². The van der Waals surface area contributed by atoms with Crippen LogP contribution in [0.4, 0.5) is 10.1 Å². The van der Waals surface area contributed by atoms with Crippen LogP contribution in [0.3, 0.4) is 0 Å². The molecule has 0 radical (unpaired) electrons. The number of hydrogen-bond donors (Lipinski definition) is 1. The van der Waals surface area contributed by atoms with Crippen LogP contribution in [0.5, 0.6) is 5.75 Å². The summed E-state index contributed by atoms with van der Waals surface area (Å²) in [6, 6.07) is 20.8. The van der Waals surface area contributed by atoms with Crippen LogP contribution >= 0.6 is 0 Å². The summed E-state index contributed by atoms with van der Waals surface area (Å²) in [4.78, 5) is 15.2. The first-order valence-electron chi connectivity index (χ1n) is 12.2. The topological polar surface area (TPSA) is 41.6 Å². The lowest BCUT2D eigenvalue weighted by Gasteiger charge is -2.27. The van der Waals surface area contributed by atoms with E-state index in [1.165, 1.54) is 12.8 Å². The number of ether oxygens (including phenoxy) is 1. The van der Waals surface area contributed by atoms with Crippen molar-refractivity contribution in [2.24, 2.45) is 0 Å². The Kier molecular flexibility index (Phi) is 8.31. The maximum atomic E-state index is 14.2. The SMILES string of the molecule is Cc1ccc(-c2ccc3c(c2)CNCCCCCCCN3C(=O)COc2ccccc2)cc1F. The first-order chi connectivity index (χ1) is 16.6. The minimum Gasteiger partial charge on any atom is -0.484 e. The fourth-order valence-corrected chi connectivity index (χ4v) is 4.33. The number of aryl methyl sites for hydroxylation is 1. The van der Waals surface area contributed by atoms with Crippen LogP contribution in [-0.2, 0) is 11.3 Å². The van der Waals surface area contributed by atoms with Crippen LogP contribution in [0.1, 0.15) is 43.2 Å². The Hall–Kier alpha value is -3.18. The van der Waals surface area contributed by atoms with E-state index in [1.54, 1.807) is 19.1 Å². The molecule has 0 fully saturated rings. The predicted octanol–water partition coefficient (Wildman–Crippen LogP) is 6.27. The Morgan fingerprint density at radius 2 is 1.68 bits per heavy atom. The lowest BCUT2D eigenvalue weighted by Crippen LogP contribution is -2.37. The zero-order valence-corrected chi connectivity index (χ0v) is 19.9. The Balaban J connectivity index is 1.63. The minimum absolute atomic E-state index is 0.0121. The van der Waals surface area contributed by atoms with Gasteiger partial charge in [0.2, 0.25) is 0 Å². The van der Waals surface area contributed by atoms with Gasteiger partial charge in [0.25, 0.3) is 5.91 Å². The molecule has 4 nitrogen and oxygen atoms in total. The van der Waals surface area contributed by atoms with Gasteiger partial charge >= 0.3 is 0 Å². The van der Waals surface area contributed by atoms with Gasteiger partial charge in [-0.15, -0.1) is 0 Å². The monoisotopic (exact) mass is 460 g/mol. The van der Waals surface area contributed by atoms with E-state index in [1.807, 2.05) is 53.4 Å². The summed E-state index contributed by atoms with van der Waals surface area (Å²) in [5.74, 6) is 0.415. The quantitative estimate of drug-likeness (QED) is 0.499. The third kappa shape index (κ3) is 6.23. The second-order valence-corrected chi connectivity index (χ2v) is 8.90. The first-order valence-corrected chi connectivity index (χ1v) is 12.2. The molecule has 178 valence electrons. The Morgan fingerprint density at radius 3 is 2.50 bits per heavy atom. The van der Waals surface area contributed by atoms with Crippen LogP contribution in [0, 0.1) is 12.7 Å². The number of para-hydroxylation sites is 1. The predicted molar refractivity (Wildman–Crippen MR) is 136 cm³/mol. The molecule has 0 aliphatic carbocycles. The molecule has 0 bridgehead atoms. The summed E-state index contributed by atoms with van der Waals surface area (Å²) in [7, 11) is 0. The second kappa shape index (κ2) is 11.8. The molecule has 0 saturated heterocycles. The number of anilines is 1. The molecule has 1 aliphatic heterocycles. The highest BCUT2D eigenvalue weighted by Crippen LogP contribution is 2.30. The Bertz CT molecular complexity index is 1100. The van der Waals surface area contributed by atoms with Crippen LogP contribution in [0.2, 0.25) is 0 Å². The minimum atomic E-state index is -0.210. The fraction of sp³-hybridized carbons (Fsp3) is 0.345. The van der Waals surface area contributed by atoms with Crippen LogP contribution in [-0.4, -0.2) is 25.6 Å². The maximum Gasteiger partial charge on any atom is 0.264 e. The van der Waals surface area contributed by atoms with Crippen molar-refractivity contribution in [3.8, 4) is 16.9 Å². The molecule has 3 aromatic rings. The summed E-state index contributed by atoms with van der Waals surface area (Å²) in [6.07, 6.45) is 5.56. The number of fused-ring (bicyclic) bond motifs is 1. The summed E-state index contributed by atoms with van der Waals surface area (Å²) < 4.78 is 20.0. The number of nitrogens with one attached hydrogen (secondary N) is 1. The Morgan fingerprint density at radius 1 is 0.941 bits per heavy atom. The first kappa shape index (κ1) is 24.0. The molecular weight excluding hydrogens is 427 g/mol. The van der Waals surface area contributed by atoms with Crippen molar-refractivity contribution in [1.82, 2.24) is 5.32 Å². The van der Waals surface area contributed by atoms with Crippen molar-refractivity contribution < 1.29 is 13.9 Å². The van der Waals surface area contributed by atoms with Gasteiger partial charge in [-0.2, -0.15) is 0 Å². The molecule has 1 amide bonds. The number of carbonyl (C=O) groups is 1. The van der Waals surface area contributed by atoms with E-state index < -0.39 is 0 Å². The molecule has 0 aromatic heterocycles. The summed E-state index contributed by atoms with van der Waals surface area (Å²) in [6.45, 7) is 4.00. The van der Waals surface area contributed by atoms with Crippen molar-refractivity contribution in [2.45, 2.75) is 45.6 Å². The average Bonchev–Trinajstić information content (AvgIpc) is 2.85. The van der Waals surface area contributed by atoms with Crippen molar-refractivity contribution in [1.29, 1.82) is 0 Å². The number of carbonyl (C=O) groups excluding carboxylic acids is 1. The van der Waals surface area contributed by atoms with E-state index in [4.69, 9.17) is 4.74 Å². The molecule has 1 N–H and O–H groups in total. The lowest BCUT2D eigenvalue weighted by molar-refractivity contribution is -0.120. The lowest BCUT2D eigenvalue weighted by atomic mass is 9.99. The molecule has 34 heavy (non-hydrogen) atoms. The van der Waals surface area contributed by atoms with Crippen molar-refractivity contribution >= 4 is 11.6 Å². The van der Waals surface area contributed by atoms with E-state index >= 15 is 0 Å². The van der Waals surface area contributed by atoms with E-state index in [2.05, 4.69) is 11.4 Å². The molecule has 4 rings (SSSR count). The van der Waals surface area contributed by atoms with Gasteiger partial charge in [-0.25, -0.2) is 4.39 Å². The molecular formula is C29H33FN2O2. The highest BCUT2D eigenvalue weighted by molar-refractivity contribution is 5.95. The largest absolute Gasteiger partial charge is 0.484 e. The van der Waals surface area contributed by atoms with Gasteiger partial charge in [0.15, 0.2) is 6.61 Å². The third-order valence-corrected chi connectivity index (χ3v) is 6.33. The summed E-state index contributed by atoms with van der Waals surface area (Å²) >= 11 is 0. The standard InChI is InChI=1S/C29H33FN2O2/c1-22-12-13-24(19-27(22)30)23-14-15-28-25(18-23)20-31-16-8-3-2-4-9-17-32(28)29(33)21-34-26-10-6-5-7-11-26/h5-7,10-15,18-19,31H,2-4,8-9,16-17,20-21H2,1H3. The van der Waals surface area contributed by atoms with Crippen molar-refractivity contribution in [3.05, 3.63) is 83.7 Å². The van der Waals surface area contributed by atoms with Crippen LogP contribution in [0.15, 0.2) is 66.7 Å². The van der Waals surface area contributed by atoms with E-state index in [-0.39, 0.29) is 18.3 Å². The smallest absolute Gasteiger partial charge is 0.264 e. The highest BCUT2D eigenvalue weighted by Gasteiger charge is 2.20. The van der Waals surface area contributed by atoms with Gasteiger partial charge < -0.3 is 15.0 Å². The normalized spacial score (nSPS) is 15.1. The van der Waals surface area contributed by atoms with Gasteiger partial charge in [0.05, 0.1) is 0 Å². The molecule has 0 unspecified atom stereocenters. The molecule has 1 heterocycles. The van der Waals surface area contributed by atoms with Crippen molar-refractivity contribution in [2.75, 3.05) is 24.6 Å². The van der Waals surface area contributed by atoms with Gasteiger partial charge in [0, 0.05) is 18.8 Å². The third-order valence-electron chi connectivity index (χ3n) is 6.33. The number of hydrogen-bond acceptors (Lipinski definition) is 3. The van der Waals surface area contributed by atoms with Crippen LogP contribution < -0.4 is 15.0 Å². The van der Waals surface area contributed by atoms with Gasteiger partial charge in [-0.1, -0.05) is 55.7 Å². The number of benzene rings is 3. The van der Waals surface area contributed by atoms with Crippen molar-refractivity contribution in [3.63, 3.8) is 0 Å². The number of amides is 1. The van der Waals surface area contributed by atoms with E-state index in [0.717, 1.165) is 48.2 Å². The molecule has 0 saturated carbocycles. The number of halogens is 1. The summed E-state index contributed by atoms with van der Waals surface area (Å²) in [5, 5.41) is 3.53. The van der Waals surface area contributed by atoms with Gasteiger partial charge in [0.1, 0.15) is 11.6 Å². The van der Waals surface area contributed by atoms with Gasteiger partial charge in [-0.05, 0) is 78.9 Å².